The molecule has 3 aromatic rings. The van der Waals surface area contributed by atoms with E-state index in [1.165, 1.54) is 0 Å². The van der Waals surface area contributed by atoms with Crippen LogP contribution in [0, 0.1) is 0 Å². The zero-order chi connectivity index (χ0) is 17.1. The summed E-state index contributed by atoms with van der Waals surface area (Å²) in [5, 5.41) is 11.1. The SMILES string of the molecule is COCCc1nc2c(N)nc3cccnc3c2n1CCNC(=O)O. The predicted octanol–water partition coefficient (Wildman–Crippen LogP) is 1.02. The van der Waals surface area contributed by atoms with Crippen molar-refractivity contribution in [3.63, 3.8) is 0 Å². The summed E-state index contributed by atoms with van der Waals surface area (Å²) in [6, 6.07) is 3.62. The van der Waals surface area contributed by atoms with Crippen molar-refractivity contribution in [3.8, 4) is 0 Å². The van der Waals surface area contributed by atoms with Gasteiger partial charge in [0, 0.05) is 32.8 Å². The van der Waals surface area contributed by atoms with Crippen LogP contribution in [0.4, 0.5) is 10.6 Å². The number of methoxy groups -OCH3 is 1. The number of rotatable bonds is 6. The fourth-order valence-corrected chi connectivity index (χ4v) is 2.67. The van der Waals surface area contributed by atoms with Crippen LogP contribution in [0.15, 0.2) is 18.3 Å². The van der Waals surface area contributed by atoms with E-state index in [9.17, 15) is 4.79 Å². The highest BCUT2D eigenvalue weighted by Crippen LogP contribution is 2.27. The molecule has 0 aliphatic carbocycles. The van der Waals surface area contributed by atoms with Gasteiger partial charge in [-0.25, -0.2) is 14.8 Å². The number of hydrogen-bond donors (Lipinski definition) is 3. The zero-order valence-corrected chi connectivity index (χ0v) is 13.2. The van der Waals surface area contributed by atoms with E-state index in [4.69, 9.17) is 15.6 Å². The third kappa shape index (κ3) is 2.93. The molecular weight excluding hydrogens is 312 g/mol. The van der Waals surface area contributed by atoms with E-state index in [1.807, 2.05) is 10.6 Å². The minimum absolute atomic E-state index is 0.247. The summed E-state index contributed by atoms with van der Waals surface area (Å²) in [4.78, 5) is 24.0. The predicted molar refractivity (Wildman–Crippen MR) is 88.8 cm³/mol. The maximum absolute atomic E-state index is 10.7. The lowest BCUT2D eigenvalue weighted by atomic mass is 10.2. The number of aromatic nitrogens is 4. The second kappa shape index (κ2) is 6.67. The van der Waals surface area contributed by atoms with E-state index in [0.29, 0.717) is 41.9 Å². The molecular formula is C15H18N6O3. The van der Waals surface area contributed by atoms with Gasteiger partial charge in [-0.1, -0.05) is 0 Å². The average Bonchev–Trinajstić information content (AvgIpc) is 2.92. The van der Waals surface area contributed by atoms with Gasteiger partial charge >= 0.3 is 6.09 Å². The van der Waals surface area contributed by atoms with Crippen molar-refractivity contribution in [2.24, 2.45) is 0 Å². The number of carbonyl (C=O) groups is 1. The topological polar surface area (TPSA) is 128 Å². The Labute approximate surface area is 137 Å². The largest absolute Gasteiger partial charge is 0.465 e. The van der Waals surface area contributed by atoms with Crippen LogP contribution in [0.5, 0.6) is 0 Å². The summed E-state index contributed by atoms with van der Waals surface area (Å²) in [6.07, 6.45) is 1.19. The van der Waals surface area contributed by atoms with Crippen LogP contribution in [0.25, 0.3) is 22.1 Å². The lowest BCUT2D eigenvalue weighted by Gasteiger charge is -2.10. The summed E-state index contributed by atoms with van der Waals surface area (Å²) in [5.74, 6) is 1.08. The van der Waals surface area contributed by atoms with Crippen LogP contribution in [-0.4, -0.2) is 51.0 Å². The van der Waals surface area contributed by atoms with Crippen LogP contribution in [0.3, 0.4) is 0 Å². The number of ether oxygens (including phenoxy) is 1. The van der Waals surface area contributed by atoms with E-state index in [2.05, 4.69) is 20.3 Å². The molecule has 0 bridgehead atoms. The molecule has 0 saturated heterocycles. The number of carboxylic acid groups (broad SMARTS) is 1. The van der Waals surface area contributed by atoms with Gasteiger partial charge < -0.3 is 25.5 Å². The van der Waals surface area contributed by atoms with Crippen molar-refractivity contribution < 1.29 is 14.6 Å². The molecule has 126 valence electrons. The fourth-order valence-electron chi connectivity index (χ4n) is 2.67. The van der Waals surface area contributed by atoms with E-state index < -0.39 is 6.09 Å². The summed E-state index contributed by atoms with van der Waals surface area (Å²) in [6.45, 7) is 1.16. The highest BCUT2D eigenvalue weighted by atomic mass is 16.5. The molecule has 0 saturated carbocycles. The Balaban J connectivity index is 2.16. The first-order valence-electron chi connectivity index (χ1n) is 7.47. The van der Waals surface area contributed by atoms with Crippen molar-refractivity contribution in [2.75, 3.05) is 26.0 Å². The van der Waals surface area contributed by atoms with Gasteiger partial charge in [0.05, 0.1) is 12.1 Å². The molecule has 0 aliphatic heterocycles. The van der Waals surface area contributed by atoms with Gasteiger partial charge in [0.25, 0.3) is 0 Å². The molecule has 4 N–H and O–H groups in total. The first kappa shape index (κ1) is 15.9. The van der Waals surface area contributed by atoms with Gasteiger partial charge in [0.2, 0.25) is 0 Å². The first-order chi connectivity index (χ1) is 11.6. The van der Waals surface area contributed by atoms with Gasteiger partial charge in [-0.15, -0.1) is 0 Å². The highest BCUT2D eigenvalue weighted by Gasteiger charge is 2.17. The highest BCUT2D eigenvalue weighted by molar-refractivity contribution is 6.04. The molecule has 0 radical (unpaired) electrons. The third-order valence-corrected chi connectivity index (χ3v) is 3.68. The van der Waals surface area contributed by atoms with Crippen molar-refractivity contribution in [1.29, 1.82) is 0 Å². The van der Waals surface area contributed by atoms with Crippen LogP contribution in [0.2, 0.25) is 0 Å². The molecule has 0 unspecified atom stereocenters. The number of nitrogen functional groups attached to an aromatic ring is 1. The molecule has 0 fully saturated rings. The summed E-state index contributed by atoms with van der Waals surface area (Å²) in [7, 11) is 1.62. The number of imidazole rings is 1. The second-order valence-corrected chi connectivity index (χ2v) is 5.22. The summed E-state index contributed by atoms with van der Waals surface area (Å²) < 4.78 is 7.06. The molecule has 3 rings (SSSR count). The maximum atomic E-state index is 10.7. The number of nitrogens with one attached hydrogen (secondary N) is 1. The summed E-state index contributed by atoms with van der Waals surface area (Å²) in [5.41, 5.74) is 8.75. The van der Waals surface area contributed by atoms with Crippen molar-refractivity contribution in [2.45, 2.75) is 13.0 Å². The van der Waals surface area contributed by atoms with Crippen molar-refractivity contribution in [1.82, 2.24) is 24.8 Å². The monoisotopic (exact) mass is 330 g/mol. The Morgan fingerprint density at radius 3 is 3.00 bits per heavy atom. The number of nitrogens with zero attached hydrogens (tertiary/aromatic N) is 4. The molecule has 9 nitrogen and oxygen atoms in total. The molecule has 1 amide bonds. The molecule has 0 spiro atoms. The first-order valence-corrected chi connectivity index (χ1v) is 7.47. The Morgan fingerprint density at radius 1 is 1.42 bits per heavy atom. The minimum atomic E-state index is -1.07. The second-order valence-electron chi connectivity index (χ2n) is 5.22. The fraction of sp³-hybridized carbons (Fsp3) is 0.333. The zero-order valence-electron chi connectivity index (χ0n) is 13.2. The van der Waals surface area contributed by atoms with Crippen LogP contribution < -0.4 is 11.1 Å². The molecule has 3 aromatic heterocycles. The van der Waals surface area contributed by atoms with Crippen molar-refractivity contribution in [3.05, 3.63) is 24.2 Å². The molecule has 0 atom stereocenters. The lowest BCUT2D eigenvalue weighted by molar-refractivity contribution is 0.193. The molecule has 0 aliphatic rings. The molecule has 24 heavy (non-hydrogen) atoms. The van der Waals surface area contributed by atoms with Crippen LogP contribution >= 0.6 is 0 Å². The normalized spacial score (nSPS) is 11.2. The van der Waals surface area contributed by atoms with Gasteiger partial charge in [0.15, 0.2) is 5.82 Å². The maximum Gasteiger partial charge on any atom is 0.404 e. The third-order valence-electron chi connectivity index (χ3n) is 3.68. The quantitative estimate of drug-likeness (QED) is 0.615. The number of anilines is 1. The van der Waals surface area contributed by atoms with E-state index >= 15 is 0 Å². The number of nitrogens with two attached hydrogens (primary N) is 1. The van der Waals surface area contributed by atoms with Crippen LogP contribution in [0.1, 0.15) is 5.82 Å². The Hall–Kier alpha value is -2.94. The average molecular weight is 330 g/mol. The Morgan fingerprint density at radius 2 is 2.25 bits per heavy atom. The minimum Gasteiger partial charge on any atom is -0.465 e. The lowest BCUT2D eigenvalue weighted by Crippen LogP contribution is -2.26. The number of amides is 1. The number of fused-ring (bicyclic) bond motifs is 3. The number of pyridine rings is 2. The Kier molecular flexibility index (Phi) is 4.43. The van der Waals surface area contributed by atoms with Gasteiger partial charge in [0.1, 0.15) is 22.4 Å². The van der Waals surface area contributed by atoms with E-state index in [0.717, 1.165) is 11.3 Å². The van der Waals surface area contributed by atoms with Gasteiger partial charge in [-0.3, -0.25) is 4.98 Å². The standard InChI is InChI=1S/C15H18N6O3/c1-24-8-4-10-20-12-13(21(10)7-6-18-15(22)23)11-9(19-14(12)16)3-2-5-17-11/h2-3,5,18H,4,6-8H2,1H3,(H2,16,19)(H,22,23). The van der Waals surface area contributed by atoms with E-state index in [-0.39, 0.29) is 6.54 Å². The Bertz CT molecular complexity index is 892. The van der Waals surface area contributed by atoms with Crippen molar-refractivity contribution >= 4 is 34.0 Å². The van der Waals surface area contributed by atoms with Gasteiger partial charge in [-0.2, -0.15) is 0 Å². The summed E-state index contributed by atoms with van der Waals surface area (Å²) >= 11 is 0. The smallest absolute Gasteiger partial charge is 0.404 e. The number of hydrogen-bond acceptors (Lipinski definition) is 6. The molecule has 3 heterocycles. The van der Waals surface area contributed by atoms with E-state index in [1.54, 1.807) is 19.4 Å². The molecule has 9 heteroatoms. The van der Waals surface area contributed by atoms with Crippen LogP contribution in [-0.2, 0) is 17.7 Å². The van der Waals surface area contributed by atoms with Gasteiger partial charge in [-0.05, 0) is 12.1 Å². The molecule has 0 aromatic carbocycles.